The molecule has 0 aliphatic heterocycles. The molecule has 3 aliphatic carbocycles. The third kappa shape index (κ3) is 1.52. The second kappa shape index (κ2) is 3.63. The molecule has 3 saturated carbocycles. The van der Waals surface area contributed by atoms with Crippen LogP contribution in [0.2, 0.25) is 0 Å². The van der Waals surface area contributed by atoms with Crippen molar-refractivity contribution in [1.29, 1.82) is 0 Å². The van der Waals surface area contributed by atoms with Crippen LogP contribution in [0.25, 0.3) is 10.9 Å². The van der Waals surface area contributed by atoms with E-state index in [2.05, 4.69) is 21.2 Å². The summed E-state index contributed by atoms with van der Waals surface area (Å²) < 4.78 is 2.91. The Morgan fingerprint density at radius 1 is 1.37 bits per heavy atom. The summed E-state index contributed by atoms with van der Waals surface area (Å²) in [6, 6.07) is 6.01. The van der Waals surface area contributed by atoms with Crippen molar-refractivity contribution in [2.75, 3.05) is 0 Å². The molecule has 0 radical (unpaired) electrons. The van der Waals surface area contributed by atoms with Gasteiger partial charge in [-0.05, 0) is 59.3 Å². The van der Waals surface area contributed by atoms with E-state index < -0.39 is 0 Å². The topological polar surface area (TPSA) is 34.0 Å². The zero-order valence-electron chi connectivity index (χ0n) is 10.7. The molecule has 0 spiro atoms. The number of rotatable bonds is 2. The van der Waals surface area contributed by atoms with E-state index in [1.54, 1.807) is 0 Å². The van der Waals surface area contributed by atoms with Gasteiger partial charge in [-0.3, -0.25) is 4.79 Å². The third-order valence-electron chi connectivity index (χ3n) is 4.66. The van der Waals surface area contributed by atoms with Crippen molar-refractivity contribution in [2.24, 2.45) is 13.0 Å². The zero-order chi connectivity index (χ0) is 13.2. The van der Waals surface area contributed by atoms with Gasteiger partial charge in [0.05, 0.1) is 5.56 Å². The highest BCUT2D eigenvalue weighted by Crippen LogP contribution is 2.57. The summed E-state index contributed by atoms with van der Waals surface area (Å²) in [5, 5.41) is 4.25. The predicted octanol–water partition coefficient (Wildman–Crippen LogP) is 3.22. The number of fused-ring (bicyclic) bond motifs is 1. The first kappa shape index (κ1) is 11.5. The maximum absolute atomic E-state index is 12.6. The first-order valence-corrected chi connectivity index (χ1v) is 7.43. The van der Waals surface area contributed by atoms with Crippen molar-refractivity contribution in [2.45, 2.75) is 24.8 Å². The van der Waals surface area contributed by atoms with E-state index in [0.29, 0.717) is 0 Å². The number of carbonyl (C=O) groups excluding carboxylic acids is 1. The number of carbonyl (C=O) groups is 1. The second-order valence-corrected chi connectivity index (χ2v) is 6.85. The van der Waals surface area contributed by atoms with Crippen LogP contribution in [-0.2, 0) is 7.05 Å². The van der Waals surface area contributed by atoms with E-state index in [1.165, 1.54) is 19.3 Å². The lowest BCUT2D eigenvalue weighted by Gasteiger charge is -2.61. The number of hydrogen-bond donors (Lipinski definition) is 1. The quantitative estimate of drug-likeness (QED) is 0.906. The van der Waals surface area contributed by atoms with Crippen molar-refractivity contribution in [3.05, 3.63) is 34.4 Å². The van der Waals surface area contributed by atoms with Crippen LogP contribution >= 0.6 is 15.9 Å². The first-order chi connectivity index (χ1) is 9.08. The summed E-state index contributed by atoms with van der Waals surface area (Å²) >= 11 is 3.52. The van der Waals surface area contributed by atoms with Crippen molar-refractivity contribution >= 4 is 32.7 Å². The molecular weight excluding hydrogens is 304 g/mol. The van der Waals surface area contributed by atoms with Crippen LogP contribution in [-0.4, -0.2) is 16.0 Å². The van der Waals surface area contributed by atoms with Crippen LogP contribution in [0, 0.1) is 5.92 Å². The third-order valence-corrected chi connectivity index (χ3v) is 5.32. The van der Waals surface area contributed by atoms with Crippen LogP contribution in [0.4, 0.5) is 0 Å². The molecule has 4 heteroatoms. The Morgan fingerprint density at radius 3 is 2.74 bits per heavy atom. The molecule has 3 nitrogen and oxygen atoms in total. The standard InChI is InChI=1S/C15H15BrN2O/c1-18-5-4-10-12(18)3-2-11(16)13(10)14(19)17-15-6-9(7-15)8-15/h2-5,9H,6-8H2,1H3,(H,17,19). The van der Waals surface area contributed by atoms with Gasteiger partial charge in [-0.2, -0.15) is 0 Å². The Labute approximate surface area is 120 Å². The lowest BCUT2D eigenvalue weighted by atomic mass is 9.50. The molecule has 0 atom stereocenters. The number of aryl methyl sites for hydroxylation is 1. The zero-order valence-corrected chi connectivity index (χ0v) is 12.3. The van der Waals surface area contributed by atoms with Crippen LogP contribution in [0.5, 0.6) is 0 Å². The van der Waals surface area contributed by atoms with Crippen molar-refractivity contribution in [1.82, 2.24) is 9.88 Å². The fourth-order valence-electron chi connectivity index (χ4n) is 3.49. The van der Waals surface area contributed by atoms with E-state index in [-0.39, 0.29) is 11.4 Å². The highest BCUT2D eigenvalue weighted by atomic mass is 79.9. The molecule has 3 aliphatic rings. The number of hydrogen-bond acceptors (Lipinski definition) is 1. The summed E-state index contributed by atoms with van der Waals surface area (Å²) in [7, 11) is 2.00. The summed E-state index contributed by atoms with van der Waals surface area (Å²) in [5.74, 6) is 0.929. The minimum atomic E-state index is 0.0572. The molecular formula is C15H15BrN2O. The van der Waals surface area contributed by atoms with Gasteiger partial charge in [-0.15, -0.1) is 0 Å². The Bertz CT molecular complexity index is 686. The molecule has 1 aromatic carbocycles. The highest BCUT2D eigenvalue weighted by molar-refractivity contribution is 9.10. The van der Waals surface area contributed by atoms with Gasteiger partial charge < -0.3 is 9.88 Å². The van der Waals surface area contributed by atoms with E-state index >= 15 is 0 Å². The molecule has 5 rings (SSSR count). The molecule has 2 aromatic rings. The maximum Gasteiger partial charge on any atom is 0.253 e. The number of benzene rings is 1. The van der Waals surface area contributed by atoms with E-state index in [1.807, 2.05) is 36.0 Å². The lowest BCUT2D eigenvalue weighted by molar-refractivity contribution is -0.0438. The molecule has 1 N–H and O–H groups in total. The van der Waals surface area contributed by atoms with Gasteiger partial charge in [0.15, 0.2) is 0 Å². The van der Waals surface area contributed by atoms with E-state index in [9.17, 15) is 4.79 Å². The molecule has 0 unspecified atom stereocenters. The minimum absolute atomic E-state index is 0.0572. The Morgan fingerprint density at radius 2 is 2.11 bits per heavy atom. The number of halogens is 1. The van der Waals surface area contributed by atoms with Crippen molar-refractivity contribution in [3.8, 4) is 0 Å². The number of nitrogens with one attached hydrogen (secondary N) is 1. The summed E-state index contributed by atoms with van der Waals surface area (Å²) in [6.07, 6.45) is 5.50. The molecule has 1 amide bonds. The van der Waals surface area contributed by atoms with Gasteiger partial charge in [-0.25, -0.2) is 0 Å². The summed E-state index contributed by atoms with van der Waals surface area (Å²) in [6.45, 7) is 0. The van der Waals surface area contributed by atoms with E-state index in [4.69, 9.17) is 0 Å². The molecule has 19 heavy (non-hydrogen) atoms. The van der Waals surface area contributed by atoms with Crippen molar-refractivity contribution < 1.29 is 4.79 Å². The van der Waals surface area contributed by atoms with Crippen LogP contribution in [0.3, 0.4) is 0 Å². The molecule has 1 heterocycles. The monoisotopic (exact) mass is 318 g/mol. The maximum atomic E-state index is 12.6. The largest absolute Gasteiger partial charge is 0.351 e. The second-order valence-electron chi connectivity index (χ2n) is 5.99. The van der Waals surface area contributed by atoms with E-state index in [0.717, 1.165) is 26.9 Å². The average Bonchev–Trinajstić information content (AvgIpc) is 2.63. The van der Waals surface area contributed by atoms with Gasteiger partial charge in [-0.1, -0.05) is 0 Å². The first-order valence-electron chi connectivity index (χ1n) is 6.64. The summed E-state index contributed by atoms with van der Waals surface area (Å²) in [4.78, 5) is 12.6. The Hall–Kier alpha value is -1.29. The molecule has 1 aromatic heterocycles. The van der Waals surface area contributed by atoms with Gasteiger partial charge >= 0.3 is 0 Å². The minimum Gasteiger partial charge on any atom is -0.351 e. The van der Waals surface area contributed by atoms with Crippen molar-refractivity contribution in [3.63, 3.8) is 0 Å². The molecule has 2 bridgehead atoms. The molecule has 3 fully saturated rings. The molecule has 0 saturated heterocycles. The SMILES string of the molecule is Cn1ccc2c(C(=O)NC34CC(C3)C4)c(Br)ccc21. The smallest absolute Gasteiger partial charge is 0.253 e. The number of nitrogens with zero attached hydrogens (tertiary/aromatic N) is 1. The van der Waals surface area contributed by atoms with Crippen LogP contribution in [0.15, 0.2) is 28.9 Å². The normalized spacial score (nSPS) is 27.8. The average molecular weight is 319 g/mol. The number of amides is 1. The van der Waals surface area contributed by atoms with Gasteiger partial charge in [0.25, 0.3) is 5.91 Å². The predicted molar refractivity (Wildman–Crippen MR) is 78.2 cm³/mol. The highest BCUT2D eigenvalue weighted by Gasteiger charge is 2.57. The fraction of sp³-hybridized carbons (Fsp3) is 0.400. The fourth-order valence-corrected chi connectivity index (χ4v) is 4.02. The lowest BCUT2D eigenvalue weighted by Crippen LogP contribution is -2.68. The summed E-state index contributed by atoms with van der Waals surface area (Å²) in [5.41, 5.74) is 1.98. The van der Waals surface area contributed by atoms with Gasteiger partial charge in [0.2, 0.25) is 0 Å². The van der Waals surface area contributed by atoms with Gasteiger partial charge in [0, 0.05) is 34.2 Å². The molecule has 98 valence electrons. The van der Waals surface area contributed by atoms with Crippen LogP contribution in [0.1, 0.15) is 29.6 Å². The van der Waals surface area contributed by atoms with Gasteiger partial charge in [0.1, 0.15) is 0 Å². The van der Waals surface area contributed by atoms with Crippen LogP contribution < -0.4 is 5.32 Å². The Kier molecular flexibility index (Phi) is 2.20. The Balaban J connectivity index is 1.76. The number of aromatic nitrogens is 1.